The van der Waals surface area contributed by atoms with E-state index in [9.17, 15) is 14.4 Å². The van der Waals surface area contributed by atoms with Gasteiger partial charge in [0, 0.05) is 5.92 Å². The van der Waals surface area contributed by atoms with Crippen LogP contribution in [0.2, 0.25) is 0 Å². The van der Waals surface area contributed by atoms with E-state index in [0.29, 0.717) is 6.42 Å². The highest BCUT2D eigenvalue weighted by Gasteiger charge is 2.32. The number of hydrogen-bond donors (Lipinski definition) is 1. The van der Waals surface area contributed by atoms with E-state index in [1.807, 2.05) is 55.5 Å². The van der Waals surface area contributed by atoms with Crippen molar-refractivity contribution in [2.24, 2.45) is 5.92 Å². The molecule has 0 radical (unpaired) electrons. The molecule has 2 aromatic rings. The molecule has 2 aromatic carbocycles. The van der Waals surface area contributed by atoms with E-state index in [0.717, 1.165) is 22.3 Å². The van der Waals surface area contributed by atoms with Gasteiger partial charge in [-0.1, -0.05) is 75.4 Å². The molecule has 168 valence electrons. The first kappa shape index (κ1) is 23.1. The van der Waals surface area contributed by atoms with Gasteiger partial charge in [-0.05, 0) is 35.1 Å². The number of allylic oxidation sites excluding steroid dienone is 1. The van der Waals surface area contributed by atoms with Crippen LogP contribution in [-0.4, -0.2) is 30.9 Å². The van der Waals surface area contributed by atoms with Crippen molar-refractivity contribution in [3.8, 4) is 11.1 Å². The maximum atomic E-state index is 12.6. The van der Waals surface area contributed by atoms with Gasteiger partial charge in [0.25, 0.3) is 0 Å². The predicted octanol–water partition coefficient (Wildman–Crippen LogP) is 5.15. The standard InChI is InChI=1S/C25H27NO6/c1-5-16(4)22(23(27)32-25(29)31-15(2)3)26-24(28)30-14-21-19-12-8-6-10-17(19)18-11-7-9-13-20(18)21/h6-13,16,21-22H,2,5,14H2,1,3-4H3,(H,26,28)/t16-,22-/m0/s1. The number of amides is 1. The number of carbonyl (C=O) groups is 3. The summed E-state index contributed by atoms with van der Waals surface area (Å²) in [5, 5.41) is 2.53. The molecule has 32 heavy (non-hydrogen) atoms. The number of esters is 1. The summed E-state index contributed by atoms with van der Waals surface area (Å²) in [7, 11) is 0. The summed E-state index contributed by atoms with van der Waals surface area (Å²) >= 11 is 0. The molecular formula is C25H27NO6. The summed E-state index contributed by atoms with van der Waals surface area (Å²) in [5.41, 5.74) is 4.41. The molecule has 0 bridgehead atoms. The number of hydrogen-bond acceptors (Lipinski definition) is 6. The largest absolute Gasteiger partial charge is 0.521 e. The van der Waals surface area contributed by atoms with Crippen molar-refractivity contribution in [2.75, 3.05) is 6.61 Å². The van der Waals surface area contributed by atoms with Crippen LogP contribution in [0.3, 0.4) is 0 Å². The van der Waals surface area contributed by atoms with Gasteiger partial charge in [-0.3, -0.25) is 0 Å². The van der Waals surface area contributed by atoms with Crippen LogP contribution in [0.5, 0.6) is 0 Å². The second kappa shape index (κ2) is 10.1. The van der Waals surface area contributed by atoms with Crippen LogP contribution >= 0.6 is 0 Å². The molecule has 3 rings (SSSR count). The second-order valence-electron chi connectivity index (χ2n) is 7.81. The molecule has 1 amide bonds. The van der Waals surface area contributed by atoms with Crippen molar-refractivity contribution >= 4 is 18.2 Å². The molecule has 0 aliphatic heterocycles. The first-order chi connectivity index (χ1) is 15.3. The fourth-order valence-corrected chi connectivity index (χ4v) is 3.74. The summed E-state index contributed by atoms with van der Waals surface area (Å²) in [4.78, 5) is 36.6. The zero-order chi connectivity index (χ0) is 23.3. The zero-order valence-electron chi connectivity index (χ0n) is 18.4. The van der Waals surface area contributed by atoms with Crippen molar-refractivity contribution in [3.63, 3.8) is 0 Å². The number of nitrogens with one attached hydrogen (secondary N) is 1. The normalized spacial score (nSPS) is 13.8. The third kappa shape index (κ3) is 5.17. The minimum atomic E-state index is -1.19. The van der Waals surface area contributed by atoms with Gasteiger partial charge in [-0.25, -0.2) is 14.4 Å². The number of benzene rings is 2. The Balaban J connectivity index is 1.66. The lowest BCUT2D eigenvalue weighted by Gasteiger charge is -2.22. The summed E-state index contributed by atoms with van der Waals surface area (Å²) in [6, 6.07) is 14.9. The van der Waals surface area contributed by atoms with Crippen molar-refractivity contribution in [3.05, 3.63) is 72.0 Å². The van der Waals surface area contributed by atoms with Crippen molar-refractivity contribution in [1.29, 1.82) is 0 Å². The lowest BCUT2D eigenvalue weighted by atomic mass is 9.98. The third-order valence-corrected chi connectivity index (χ3v) is 5.53. The highest BCUT2D eigenvalue weighted by Crippen LogP contribution is 2.44. The number of alkyl carbamates (subject to hydrolysis) is 1. The Bertz CT molecular complexity index is 985. The number of ether oxygens (including phenoxy) is 3. The average molecular weight is 437 g/mol. The summed E-state index contributed by atoms with van der Waals surface area (Å²) in [5.74, 6) is -1.22. The summed E-state index contributed by atoms with van der Waals surface area (Å²) in [6.45, 7) is 8.60. The number of fused-ring (bicyclic) bond motifs is 3. The summed E-state index contributed by atoms with van der Waals surface area (Å²) < 4.78 is 14.8. The van der Waals surface area contributed by atoms with E-state index in [1.54, 1.807) is 6.92 Å². The highest BCUT2D eigenvalue weighted by molar-refractivity contribution is 5.88. The van der Waals surface area contributed by atoms with Crippen molar-refractivity contribution in [1.82, 2.24) is 5.32 Å². The van der Waals surface area contributed by atoms with Gasteiger partial charge < -0.3 is 19.5 Å². The van der Waals surface area contributed by atoms with Gasteiger partial charge in [0.1, 0.15) is 18.4 Å². The smallest absolute Gasteiger partial charge is 0.449 e. The molecule has 0 unspecified atom stereocenters. The second-order valence-corrected chi connectivity index (χ2v) is 7.81. The molecule has 0 heterocycles. The molecule has 0 saturated heterocycles. The molecule has 0 aromatic heterocycles. The first-order valence-electron chi connectivity index (χ1n) is 10.5. The van der Waals surface area contributed by atoms with Crippen LogP contribution in [0, 0.1) is 5.92 Å². The molecule has 0 saturated carbocycles. The van der Waals surface area contributed by atoms with E-state index >= 15 is 0 Å². The average Bonchev–Trinajstić information content (AvgIpc) is 3.08. The lowest BCUT2D eigenvalue weighted by Crippen LogP contribution is -2.47. The van der Waals surface area contributed by atoms with Crippen LogP contribution in [0.25, 0.3) is 11.1 Å². The minimum Gasteiger partial charge on any atom is -0.449 e. The summed E-state index contributed by atoms with van der Waals surface area (Å²) in [6.07, 6.45) is -1.38. The first-order valence-corrected chi connectivity index (χ1v) is 10.5. The minimum absolute atomic E-state index is 0.0902. The molecule has 1 aliphatic carbocycles. The molecule has 0 fully saturated rings. The van der Waals surface area contributed by atoms with Gasteiger partial charge in [0.05, 0.1) is 0 Å². The van der Waals surface area contributed by atoms with E-state index in [4.69, 9.17) is 4.74 Å². The quantitative estimate of drug-likeness (QED) is 0.366. The Kier molecular flexibility index (Phi) is 7.30. The number of carbonyl (C=O) groups excluding carboxylic acids is 3. The van der Waals surface area contributed by atoms with E-state index in [-0.39, 0.29) is 24.2 Å². The van der Waals surface area contributed by atoms with Gasteiger partial charge in [-0.15, -0.1) is 0 Å². The third-order valence-electron chi connectivity index (χ3n) is 5.53. The van der Waals surface area contributed by atoms with Crippen molar-refractivity contribution < 1.29 is 28.6 Å². The Labute approximate surface area is 187 Å². The number of rotatable bonds is 7. The monoisotopic (exact) mass is 437 g/mol. The molecular weight excluding hydrogens is 410 g/mol. The van der Waals surface area contributed by atoms with Crippen LogP contribution in [-0.2, 0) is 19.0 Å². The topological polar surface area (TPSA) is 90.9 Å². The van der Waals surface area contributed by atoms with Crippen LogP contribution in [0.15, 0.2) is 60.9 Å². The van der Waals surface area contributed by atoms with Gasteiger partial charge in [-0.2, -0.15) is 0 Å². The SMILES string of the molecule is C=C(C)OC(=O)OC(=O)[C@@H](NC(=O)OCC1c2ccccc2-c2ccccc21)[C@@H](C)CC. The van der Waals surface area contributed by atoms with Crippen molar-refractivity contribution in [2.45, 2.75) is 39.2 Å². The maximum absolute atomic E-state index is 12.6. The van der Waals surface area contributed by atoms with Crippen LogP contribution in [0.1, 0.15) is 44.2 Å². The molecule has 1 aliphatic rings. The van der Waals surface area contributed by atoms with Crippen LogP contribution < -0.4 is 5.32 Å². The van der Waals surface area contributed by atoms with Crippen LogP contribution in [0.4, 0.5) is 9.59 Å². The van der Waals surface area contributed by atoms with Gasteiger partial charge >= 0.3 is 18.2 Å². The molecule has 2 atom stereocenters. The van der Waals surface area contributed by atoms with E-state index in [2.05, 4.69) is 21.4 Å². The Morgan fingerprint density at radius 1 is 1.00 bits per heavy atom. The zero-order valence-corrected chi connectivity index (χ0v) is 18.4. The fraction of sp³-hybridized carbons (Fsp3) is 0.320. The van der Waals surface area contributed by atoms with Gasteiger partial charge in [0.2, 0.25) is 0 Å². The van der Waals surface area contributed by atoms with E-state index < -0.39 is 24.3 Å². The molecule has 1 N–H and O–H groups in total. The maximum Gasteiger partial charge on any atom is 0.521 e. The molecule has 0 spiro atoms. The lowest BCUT2D eigenvalue weighted by molar-refractivity contribution is -0.143. The Morgan fingerprint density at radius 3 is 2.09 bits per heavy atom. The highest BCUT2D eigenvalue weighted by atomic mass is 16.7. The molecule has 7 nitrogen and oxygen atoms in total. The molecule has 7 heteroatoms. The predicted molar refractivity (Wildman–Crippen MR) is 119 cm³/mol. The fourth-order valence-electron chi connectivity index (χ4n) is 3.74. The van der Waals surface area contributed by atoms with E-state index in [1.165, 1.54) is 6.92 Å². The van der Waals surface area contributed by atoms with Gasteiger partial charge in [0.15, 0.2) is 0 Å². The Morgan fingerprint density at radius 2 is 1.56 bits per heavy atom. The Hall–Kier alpha value is -3.61.